The number of aryl methyl sites for hydroxylation is 2. The minimum absolute atomic E-state index is 0.165. The van der Waals surface area contributed by atoms with Crippen molar-refractivity contribution in [3.05, 3.63) is 99.6 Å². The highest BCUT2D eigenvalue weighted by Gasteiger charge is 2.30. The number of nitrogens with one attached hydrogen (secondary N) is 1. The number of hydrogen-bond acceptors (Lipinski definition) is 3. The van der Waals surface area contributed by atoms with Crippen molar-refractivity contribution in [3.8, 4) is 5.75 Å². The van der Waals surface area contributed by atoms with Crippen molar-refractivity contribution < 1.29 is 14.3 Å². The molecule has 0 heterocycles. The minimum atomic E-state index is -0.690. The quantitative estimate of drug-likeness (QED) is 0.411. The number of carbonyl (C=O) groups excluding carboxylic acids is 2. The first-order valence-electron chi connectivity index (χ1n) is 11.8. The monoisotopic (exact) mass is 492 g/mol. The van der Waals surface area contributed by atoms with Gasteiger partial charge in [0.1, 0.15) is 11.8 Å². The fourth-order valence-electron chi connectivity index (χ4n) is 4.01. The molecule has 0 saturated carbocycles. The molecule has 35 heavy (non-hydrogen) atoms. The molecule has 1 N–H and O–H groups in total. The van der Waals surface area contributed by atoms with Crippen LogP contribution in [0.2, 0.25) is 5.02 Å². The molecule has 0 aliphatic rings. The van der Waals surface area contributed by atoms with E-state index in [0.29, 0.717) is 23.7 Å². The van der Waals surface area contributed by atoms with Gasteiger partial charge in [-0.1, -0.05) is 60.1 Å². The molecule has 5 nitrogen and oxygen atoms in total. The van der Waals surface area contributed by atoms with Crippen LogP contribution in [0.15, 0.2) is 66.7 Å². The Balaban J connectivity index is 1.91. The van der Waals surface area contributed by atoms with Gasteiger partial charge in [0.05, 0.1) is 0 Å². The first-order chi connectivity index (χ1) is 16.8. The third-order valence-corrected chi connectivity index (χ3v) is 6.26. The second-order valence-corrected chi connectivity index (χ2v) is 9.18. The summed E-state index contributed by atoms with van der Waals surface area (Å²) in [6.45, 7) is 8.45. The molecule has 0 fully saturated rings. The van der Waals surface area contributed by atoms with Gasteiger partial charge in [0.2, 0.25) is 5.91 Å². The van der Waals surface area contributed by atoms with Gasteiger partial charge in [-0.3, -0.25) is 9.59 Å². The van der Waals surface area contributed by atoms with E-state index in [2.05, 4.69) is 11.4 Å². The Morgan fingerprint density at radius 2 is 1.66 bits per heavy atom. The van der Waals surface area contributed by atoms with E-state index < -0.39 is 6.04 Å². The lowest BCUT2D eigenvalue weighted by molar-refractivity contribution is -0.142. The minimum Gasteiger partial charge on any atom is -0.483 e. The molecule has 2 amide bonds. The van der Waals surface area contributed by atoms with Gasteiger partial charge in [0, 0.05) is 24.5 Å². The lowest BCUT2D eigenvalue weighted by Gasteiger charge is -2.31. The van der Waals surface area contributed by atoms with Crippen molar-refractivity contribution in [1.82, 2.24) is 10.2 Å². The third-order valence-electron chi connectivity index (χ3n) is 6.00. The molecule has 1 atom stereocenters. The highest BCUT2D eigenvalue weighted by molar-refractivity contribution is 6.30. The summed E-state index contributed by atoms with van der Waals surface area (Å²) in [6.07, 6.45) is 0.397. The molecular weight excluding hydrogens is 460 g/mol. The molecule has 0 aliphatic carbocycles. The zero-order chi connectivity index (χ0) is 25.4. The molecule has 0 bridgehead atoms. The van der Waals surface area contributed by atoms with Crippen LogP contribution in [-0.2, 0) is 22.6 Å². The average molecular weight is 493 g/mol. The van der Waals surface area contributed by atoms with Crippen molar-refractivity contribution in [3.63, 3.8) is 0 Å². The predicted octanol–water partition coefficient (Wildman–Crippen LogP) is 5.42. The molecule has 0 spiro atoms. The standard InChI is InChI=1S/C29H33ClN2O3/c1-5-31-29(34)26(17-23-9-7-6-8-10-23)32(18-24-11-13-25(30)14-12-24)28(33)19-35-27-16-20(2)15-21(3)22(27)4/h6-16,26H,5,17-19H2,1-4H3,(H,31,34)/t26-/m0/s1. The molecule has 0 aromatic heterocycles. The zero-order valence-electron chi connectivity index (χ0n) is 20.8. The van der Waals surface area contributed by atoms with Gasteiger partial charge in [0.25, 0.3) is 5.91 Å². The van der Waals surface area contributed by atoms with Crippen LogP contribution in [0.25, 0.3) is 0 Å². The predicted molar refractivity (Wildman–Crippen MR) is 141 cm³/mol. The van der Waals surface area contributed by atoms with Crippen molar-refractivity contribution in [2.24, 2.45) is 0 Å². The number of hydrogen-bond donors (Lipinski definition) is 1. The fourth-order valence-corrected chi connectivity index (χ4v) is 4.13. The van der Waals surface area contributed by atoms with Gasteiger partial charge < -0.3 is 15.0 Å². The van der Waals surface area contributed by atoms with Gasteiger partial charge >= 0.3 is 0 Å². The lowest BCUT2D eigenvalue weighted by atomic mass is 10.0. The Morgan fingerprint density at radius 3 is 2.31 bits per heavy atom. The van der Waals surface area contributed by atoms with E-state index in [4.69, 9.17) is 16.3 Å². The van der Waals surface area contributed by atoms with Crippen LogP contribution in [0.5, 0.6) is 5.75 Å². The molecule has 0 aliphatic heterocycles. The van der Waals surface area contributed by atoms with Crippen molar-refractivity contribution >= 4 is 23.4 Å². The smallest absolute Gasteiger partial charge is 0.261 e. The molecule has 0 unspecified atom stereocenters. The Kier molecular flexibility index (Phi) is 9.32. The Morgan fingerprint density at radius 1 is 0.971 bits per heavy atom. The van der Waals surface area contributed by atoms with Gasteiger partial charge in [0.15, 0.2) is 6.61 Å². The summed E-state index contributed by atoms with van der Waals surface area (Å²) in [5.41, 5.74) is 5.03. The number of rotatable bonds is 10. The van der Waals surface area contributed by atoms with Crippen LogP contribution < -0.4 is 10.1 Å². The second-order valence-electron chi connectivity index (χ2n) is 8.74. The Bertz CT molecular complexity index is 1150. The lowest BCUT2D eigenvalue weighted by Crippen LogP contribution is -2.51. The summed E-state index contributed by atoms with van der Waals surface area (Å²) < 4.78 is 5.99. The second kappa shape index (κ2) is 12.4. The molecule has 3 rings (SSSR count). The maximum absolute atomic E-state index is 13.6. The van der Waals surface area contributed by atoms with E-state index >= 15 is 0 Å². The summed E-state index contributed by atoms with van der Waals surface area (Å²) >= 11 is 6.07. The molecule has 184 valence electrons. The molecule has 6 heteroatoms. The van der Waals surface area contributed by atoms with E-state index in [-0.39, 0.29) is 25.0 Å². The van der Waals surface area contributed by atoms with Crippen LogP contribution in [-0.4, -0.2) is 35.9 Å². The van der Waals surface area contributed by atoms with Crippen LogP contribution in [0.1, 0.15) is 34.7 Å². The number of nitrogens with zero attached hydrogens (tertiary/aromatic N) is 1. The van der Waals surface area contributed by atoms with E-state index in [0.717, 1.165) is 27.8 Å². The molecule has 0 radical (unpaired) electrons. The number of likely N-dealkylation sites (N-methyl/N-ethyl adjacent to an activating group) is 1. The van der Waals surface area contributed by atoms with Crippen molar-refractivity contribution in [2.45, 2.75) is 46.7 Å². The molecule has 0 saturated heterocycles. The maximum Gasteiger partial charge on any atom is 0.261 e. The summed E-state index contributed by atoms with van der Waals surface area (Å²) in [4.78, 5) is 28.4. The van der Waals surface area contributed by atoms with Gasteiger partial charge in [-0.05, 0) is 73.7 Å². The third kappa shape index (κ3) is 7.33. The Hall–Kier alpha value is -3.31. The van der Waals surface area contributed by atoms with Crippen molar-refractivity contribution in [1.29, 1.82) is 0 Å². The topological polar surface area (TPSA) is 58.6 Å². The summed E-state index contributed by atoms with van der Waals surface area (Å²) in [6, 6.07) is 20.4. The van der Waals surface area contributed by atoms with Crippen LogP contribution in [0.4, 0.5) is 0 Å². The van der Waals surface area contributed by atoms with E-state index in [1.165, 1.54) is 0 Å². The highest BCUT2D eigenvalue weighted by atomic mass is 35.5. The van der Waals surface area contributed by atoms with E-state index in [1.807, 2.05) is 76.2 Å². The summed E-state index contributed by atoms with van der Waals surface area (Å²) in [5, 5.41) is 3.51. The number of halogens is 1. The normalized spacial score (nSPS) is 11.6. The number of carbonyl (C=O) groups is 2. The Labute approximate surface area is 213 Å². The molecule has 3 aromatic rings. The SMILES string of the molecule is CCNC(=O)[C@H](Cc1ccccc1)N(Cc1ccc(Cl)cc1)C(=O)COc1cc(C)cc(C)c1C. The number of amides is 2. The maximum atomic E-state index is 13.6. The van der Waals surface area contributed by atoms with Gasteiger partial charge in [-0.25, -0.2) is 0 Å². The van der Waals surface area contributed by atoms with Crippen LogP contribution >= 0.6 is 11.6 Å². The van der Waals surface area contributed by atoms with Crippen LogP contribution in [0.3, 0.4) is 0 Å². The first-order valence-corrected chi connectivity index (χ1v) is 12.2. The first kappa shape index (κ1) is 26.3. The van der Waals surface area contributed by atoms with Gasteiger partial charge in [-0.15, -0.1) is 0 Å². The fraction of sp³-hybridized carbons (Fsp3) is 0.310. The van der Waals surface area contributed by atoms with Crippen LogP contribution in [0, 0.1) is 20.8 Å². The highest BCUT2D eigenvalue weighted by Crippen LogP contribution is 2.24. The zero-order valence-corrected chi connectivity index (χ0v) is 21.6. The number of benzene rings is 3. The summed E-state index contributed by atoms with van der Waals surface area (Å²) in [7, 11) is 0. The molecular formula is C29H33ClN2O3. The largest absolute Gasteiger partial charge is 0.483 e. The van der Waals surface area contributed by atoms with Crippen molar-refractivity contribution in [2.75, 3.05) is 13.2 Å². The number of ether oxygens (including phenoxy) is 1. The van der Waals surface area contributed by atoms with E-state index in [9.17, 15) is 9.59 Å². The average Bonchev–Trinajstić information content (AvgIpc) is 2.84. The van der Waals surface area contributed by atoms with Gasteiger partial charge in [-0.2, -0.15) is 0 Å². The molecule has 3 aromatic carbocycles. The summed E-state index contributed by atoms with van der Waals surface area (Å²) in [5.74, 6) is 0.229. The van der Waals surface area contributed by atoms with E-state index in [1.54, 1.807) is 17.0 Å².